The highest BCUT2D eigenvalue weighted by atomic mass is 32.2. The number of nitrogens with zero attached hydrogens (tertiary/aromatic N) is 2. The second kappa shape index (κ2) is 5.86. The molecular formula is C10H9N3O3S. The minimum Gasteiger partial charge on any atom is -0.325 e. The van der Waals surface area contributed by atoms with E-state index in [1.165, 1.54) is 12.1 Å². The van der Waals surface area contributed by atoms with Gasteiger partial charge in [0.1, 0.15) is 5.40 Å². The third-order valence-electron chi connectivity index (χ3n) is 1.97. The van der Waals surface area contributed by atoms with Crippen LogP contribution in [0.5, 0.6) is 0 Å². The van der Waals surface area contributed by atoms with E-state index in [9.17, 15) is 14.9 Å². The summed E-state index contributed by atoms with van der Waals surface area (Å²) in [5, 5.41) is 23.2. The van der Waals surface area contributed by atoms with Crippen molar-refractivity contribution in [2.75, 3.05) is 11.1 Å². The normalized spacial score (nSPS) is 9.41. The van der Waals surface area contributed by atoms with Crippen LogP contribution in [0.4, 0.5) is 11.4 Å². The molecule has 88 valence electrons. The lowest BCUT2D eigenvalue weighted by Crippen LogP contribution is -2.14. The number of anilines is 1. The first kappa shape index (κ1) is 13.0. The van der Waals surface area contributed by atoms with E-state index in [1.54, 1.807) is 18.4 Å². The molecule has 1 aromatic rings. The molecule has 0 aliphatic rings. The summed E-state index contributed by atoms with van der Waals surface area (Å²) in [6, 6.07) is 4.23. The van der Waals surface area contributed by atoms with Crippen LogP contribution in [0.1, 0.15) is 5.56 Å². The number of non-ortho nitro benzene ring substituents is 1. The van der Waals surface area contributed by atoms with Crippen molar-refractivity contribution >= 4 is 29.0 Å². The predicted octanol–water partition coefficient (Wildman–Crippen LogP) is 2.06. The third-order valence-corrected chi connectivity index (χ3v) is 2.51. The Bertz CT molecular complexity index is 496. The van der Waals surface area contributed by atoms with Crippen LogP contribution in [0.3, 0.4) is 0 Å². The summed E-state index contributed by atoms with van der Waals surface area (Å²) in [4.78, 5) is 21.4. The van der Waals surface area contributed by atoms with Gasteiger partial charge in [0.2, 0.25) is 5.91 Å². The highest BCUT2D eigenvalue weighted by Gasteiger charge is 2.10. The summed E-state index contributed by atoms with van der Waals surface area (Å²) in [5.74, 6) is -0.362. The molecule has 0 aliphatic heterocycles. The van der Waals surface area contributed by atoms with E-state index >= 15 is 0 Å². The SMILES string of the molecule is Cc1ccc([N+](=O)[O-])cc1NC(=O)CSC#N. The maximum Gasteiger partial charge on any atom is 0.271 e. The van der Waals surface area contributed by atoms with Crippen molar-refractivity contribution in [1.29, 1.82) is 5.26 Å². The molecule has 0 radical (unpaired) electrons. The number of aryl methyl sites for hydroxylation is 1. The number of thiocyanates is 1. The molecule has 0 spiro atoms. The summed E-state index contributed by atoms with van der Waals surface area (Å²) < 4.78 is 0. The number of hydrogen-bond donors (Lipinski definition) is 1. The molecule has 0 heterocycles. The molecular weight excluding hydrogens is 242 g/mol. The molecule has 0 aliphatic carbocycles. The first-order chi connectivity index (χ1) is 8.04. The van der Waals surface area contributed by atoms with E-state index in [1.807, 2.05) is 0 Å². The molecule has 1 aromatic carbocycles. The number of carbonyl (C=O) groups excluding carboxylic acids is 1. The zero-order valence-electron chi connectivity index (χ0n) is 8.97. The molecule has 1 N–H and O–H groups in total. The van der Waals surface area contributed by atoms with E-state index < -0.39 is 4.92 Å². The molecule has 7 heteroatoms. The number of hydrogen-bond acceptors (Lipinski definition) is 5. The molecule has 0 aromatic heterocycles. The largest absolute Gasteiger partial charge is 0.325 e. The molecule has 1 amide bonds. The second-order valence-corrected chi connectivity index (χ2v) is 3.94. The van der Waals surface area contributed by atoms with Gasteiger partial charge in [-0.15, -0.1) is 0 Å². The van der Waals surface area contributed by atoms with Crippen LogP contribution in [0.25, 0.3) is 0 Å². The fraction of sp³-hybridized carbons (Fsp3) is 0.200. The molecule has 0 atom stereocenters. The maximum absolute atomic E-state index is 11.4. The van der Waals surface area contributed by atoms with Crippen LogP contribution in [-0.2, 0) is 4.79 Å². The first-order valence-electron chi connectivity index (χ1n) is 4.60. The Kier molecular flexibility index (Phi) is 4.48. The maximum atomic E-state index is 11.4. The van der Waals surface area contributed by atoms with Gasteiger partial charge in [-0.2, -0.15) is 5.26 Å². The van der Waals surface area contributed by atoms with Crippen molar-refractivity contribution in [2.45, 2.75) is 6.92 Å². The molecule has 6 nitrogen and oxygen atoms in total. The van der Waals surface area contributed by atoms with Crippen molar-refractivity contribution in [3.8, 4) is 5.40 Å². The van der Waals surface area contributed by atoms with Crippen LogP contribution in [0.2, 0.25) is 0 Å². The number of nitriles is 1. The topological polar surface area (TPSA) is 96.0 Å². The van der Waals surface area contributed by atoms with Crippen molar-refractivity contribution in [1.82, 2.24) is 0 Å². The van der Waals surface area contributed by atoms with Crippen LogP contribution < -0.4 is 5.32 Å². The second-order valence-electron chi connectivity index (χ2n) is 3.18. The summed E-state index contributed by atoms with van der Waals surface area (Å²) in [6.45, 7) is 1.73. The van der Waals surface area contributed by atoms with E-state index in [-0.39, 0.29) is 17.3 Å². The molecule has 0 saturated heterocycles. The lowest BCUT2D eigenvalue weighted by molar-refractivity contribution is -0.384. The third kappa shape index (κ3) is 3.77. The van der Waals surface area contributed by atoms with Gasteiger partial charge >= 0.3 is 0 Å². The quantitative estimate of drug-likeness (QED) is 0.502. The van der Waals surface area contributed by atoms with Gasteiger partial charge in [-0.25, -0.2) is 0 Å². The van der Waals surface area contributed by atoms with Gasteiger partial charge in [0, 0.05) is 12.1 Å². The standard InChI is InChI=1S/C10H9N3O3S/c1-7-2-3-8(13(15)16)4-9(7)12-10(14)5-17-6-11/h2-4H,5H2,1H3,(H,12,14). The van der Waals surface area contributed by atoms with Gasteiger partial charge in [0.25, 0.3) is 5.69 Å². The number of rotatable bonds is 4. The fourth-order valence-corrected chi connectivity index (χ4v) is 1.41. The molecule has 0 saturated carbocycles. The van der Waals surface area contributed by atoms with E-state index in [2.05, 4.69) is 5.32 Å². The zero-order chi connectivity index (χ0) is 12.8. The van der Waals surface area contributed by atoms with Crippen LogP contribution in [0, 0.1) is 27.7 Å². The van der Waals surface area contributed by atoms with Gasteiger partial charge in [0.15, 0.2) is 0 Å². The number of nitro groups is 1. The Morgan fingerprint density at radius 2 is 2.35 bits per heavy atom. The first-order valence-corrected chi connectivity index (χ1v) is 5.59. The smallest absolute Gasteiger partial charge is 0.271 e. The van der Waals surface area contributed by atoms with Gasteiger partial charge in [-0.3, -0.25) is 14.9 Å². The van der Waals surface area contributed by atoms with Crippen molar-refractivity contribution in [2.24, 2.45) is 0 Å². The van der Waals surface area contributed by atoms with Gasteiger partial charge < -0.3 is 5.32 Å². The molecule has 0 bridgehead atoms. The predicted molar refractivity (Wildman–Crippen MR) is 64.5 cm³/mol. The van der Waals surface area contributed by atoms with E-state index in [0.29, 0.717) is 5.69 Å². The molecule has 1 rings (SSSR count). The van der Waals surface area contributed by atoms with Crippen LogP contribution in [-0.4, -0.2) is 16.6 Å². The van der Waals surface area contributed by atoms with Crippen molar-refractivity contribution in [3.05, 3.63) is 33.9 Å². The highest BCUT2D eigenvalue weighted by molar-refractivity contribution is 8.04. The molecule has 17 heavy (non-hydrogen) atoms. The van der Waals surface area contributed by atoms with E-state index in [0.717, 1.165) is 17.3 Å². The Morgan fingerprint density at radius 3 is 2.94 bits per heavy atom. The minimum absolute atomic E-state index is 0.00136. The monoisotopic (exact) mass is 251 g/mol. The average molecular weight is 251 g/mol. The zero-order valence-corrected chi connectivity index (χ0v) is 9.78. The average Bonchev–Trinajstić information content (AvgIpc) is 2.29. The number of carbonyl (C=O) groups is 1. The fourth-order valence-electron chi connectivity index (χ4n) is 1.14. The number of thioether (sulfide) groups is 1. The summed E-state index contributed by atoms with van der Waals surface area (Å²) in [7, 11) is 0. The van der Waals surface area contributed by atoms with Gasteiger partial charge in [0.05, 0.1) is 16.4 Å². The summed E-state index contributed by atoms with van der Waals surface area (Å²) >= 11 is 0.811. The van der Waals surface area contributed by atoms with Gasteiger partial charge in [-0.1, -0.05) is 6.07 Å². The van der Waals surface area contributed by atoms with Crippen molar-refractivity contribution < 1.29 is 9.72 Å². The Hall–Kier alpha value is -2.07. The Morgan fingerprint density at radius 1 is 1.65 bits per heavy atom. The Labute approximate surface area is 102 Å². The molecule has 0 unspecified atom stereocenters. The molecule has 0 fully saturated rings. The summed E-state index contributed by atoms with van der Waals surface area (Å²) in [6.07, 6.45) is 0. The van der Waals surface area contributed by atoms with Gasteiger partial charge in [-0.05, 0) is 24.2 Å². The van der Waals surface area contributed by atoms with E-state index in [4.69, 9.17) is 5.26 Å². The lowest BCUT2D eigenvalue weighted by atomic mass is 10.2. The van der Waals surface area contributed by atoms with Crippen LogP contribution >= 0.6 is 11.8 Å². The lowest BCUT2D eigenvalue weighted by Gasteiger charge is -2.06. The Balaban J connectivity index is 2.83. The number of amides is 1. The number of nitro benzene ring substituents is 1. The number of nitrogens with one attached hydrogen (secondary N) is 1. The van der Waals surface area contributed by atoms with Crippen LogP contribution in [0.15, 0.2) is 18.2 Å². The highest BCUT2D eigenvalue weighted by Crippen LogP contribution is 2.21. The van der Waals surface area contributed by atoms with Crippen molar-refractivity contribution in [3.63, 3.8) is 0 Å². The minimum atomic E-state index is -0.529. The number of benzene rings is 1. The summed E-state index contributed by atoms with van der Waals surface area (Å²) in [5.41, 5.74) is 1.03.